The fourth-order valence-electron chi connectivity index (χ4n) is 7.30. The Labute approximate surface area is 306 Å². The standard InChI is InChI=1S/C46H26N4O2S/c1-3-11-27(12-4-1)28-21-23-30(24-22-28)44-48-43(29-13-5-2-6-14-29)49-45(50-44)34-18-9-16-32-40-37(52-42(32)34)25-26-38-41(40)47-46(53-38)33-17-10-20-36-39(33)31-15-7-8-19-35(31)51-36/h1-26H. The van der Waals surface area contributed by atoms with Crippen LogP contribution >= 0.6 is 11.3 Å². The molecule has 0 amide bonds. The minimum absolute atomic E-state index is 0.541. The highest BCUT2D eigenvalue weighted by molar-refractivity contribution is 7.22. The minimum atomic E-state index is 0.541. The van der Waals surface area contributed by atoms with Gasteiger partial charge >= 0.3 is 0 Å². The molecule has 0 N–H and O–H groups in total. The number of para-hydroxylation sites is 2. The van der Waals surface area contributed by atoms with Gasteiger partial charge in [-0.3, -0.25) is 0 Å². The number of fused-ring (bicyclic) bond motifs is 8. The Hall–Kier alpha value is -6.96. The van der Waals surface area contributed by atoms with Gasteiger partial charge in [-0.2, -0.15) is 0 Å². The Morgan fingerprint density at radius 3 is 1.77 bits per heavy atom. The van der Waals surface area contributed by atoms with Crippen molar-refractivity contribution >= 4 is 65.4 Å². The molecule has 0 saturated carbocycles. The molecule has 0 unspecified atom stereocenters. The first kappa shape index (κ1) is 29.7. The fourth-order valence-corrected chi connectivity index (χ4v) is 8.31. The fraction of sp³-hybridized carbons (Fsp3) is 0. The topological polar surface area (TPSA) is 77.8 Å². The largest absolute Gasteiger partial charge is 0.456 e. The van der Waals surface area contributed by atoms with E-state index in [1.54, 1.807) is 11.3 Å². The number of thiazole rings is 1. The molecule has 0 bridgehead atoms. The monoisotopic (exact) mass is 698 g/mol. The van der Waals surface area contributed by atoms with Crippen molar-refractivity contribution in [2.24, 2.45) is 0 Å². The number of hydrogen-bond donors (Lipinski definition) is 0. The Balaban J connectivity index is 1.08. The molecule has 11 aromatic rings. The first-order valence-electron chi connectivity index (χ1n) is 17.4. The first-order chi connectivity index (χ1) is 26.2. The molecule has 0 aliphatic heterocycles. The third-order valence-electron chi connectivity index (χ3n) is 9.81. The summed E-state index contributed by atoms with van der Waals surface area (Å²) in [4.78, 5) is 20.4. The van der Waals surface area contributed by atoms with Crippen molar-refractivity contribution in [3.63, 3.8) is 0 Å². The minimum Gasteiger partial charge on any atom is -0.456 e. The highest BCUT2D eigenvalue weighted by atomic mass is 32.1. The maximum Gasteiger partial charge on any atom is 0.167 e. The highest BCUT2D eigenvalue weighted by Gasteiger charge is 2.21. The van der Waals surface area contributed by atoms with Crippen LogP contribution < -0.4 is 0 Å². The summed E-state index contributed by atoms with van der Waals surface area (Å²) in [5, 5.41) is 5.03. The molecule has 248 valence electrons. The van der Waals surface area contributed by atoms with Gasteiger partial charge < -0.3 is 8.83 Å². The Morgan fingerprint density at radius 2 is 0.962 bits per heavy atom. The maximum absolute atomic E-state index is 6.68. The second-order valence-electron chi connectivity index (χ2n) is 13.0. The molecule has 7 heteroatoms. The quantitative estimate of drug-likeness (QED) is 0.178. The van der Waals surface area contributed by atoms with E-state index < -0.39 is 0 Å². The van der Waals surface area contributed by atoms with Gasteiger partial charge in [-0.05, 0) is 41.5 Å². The van der Waals surface area contributed by atoms with Crippen LogP contribution in [-0.4, -0.2) is 19.9 Å². The van der Waals surface area contributed by atoms with Gasteiger partial charge in [0, 0.05) is 32.8 Å². The molecular formula is C46H26N4O2S. The smallest absolute Gasteiger partial charge is 0.167 e. The molecule has 0 fully saturated rings. The Kier molecular flexibility index (Phi) is 6.62. The van der Waals surface area contributed by atoms with Gasteiger partial charge in [0.05, 0.1) is 21.2 Å². The van der Waals surface area contributed by atoms with Gasteiger partial charge in [0.25, 0.3) is 0 Å². The van der Waals surface area contributed by atoms with Crippen LogP contribution in [0.25, 0.3) is 110 Å². The number of nitrogens with zero attached hydrogens (tertiary/aromatic N) is 4. The average Bonchev–Trinajstić information content (AvgIpc) is 3.95. The van der Waals surface area contributed by atoms with Crippen molar-refractivity contribution < 1.29 is 8.83 Å². The lowest BCUT2D eigenvalue weighted by atomic mass is 10.0. The summed E-state index contributed by atoms with van der Waals surface area (Å²) in [6.07, 6.45) is 0. The Morgan fingerprint density at radius 1 is 0.377 bits per heavy atom. The van der Waals surface area contributed by atoms with E-state index in [9.17, 15) is 0 Å². The molecule has 7 aromatic carbocycles. The molecule has 6 nitrogen and oxygen atoms in total. The molecule has 0 saturated heterocycles. The van der Waals surface area contributed by atoms with Gasteiger partial charge in [0.2, 0.25) is 0 Å². The number of hydrogen-bond acceptors (Lipinski definition) is 7. The van der Waals surface area contributed by atoms with Crippen molar-refractivity contribution in [3.05, 3.63) is 158 Å². The lowest BCUT2D eigenvalue weighted by Gasteiger charge is -2.09. The summed E-state index contributed by atoms with van der Waals surface area (Å²) in [7, 11) is 0. The second-order valence-corrected chi connectivity index (χ2v) is 14.0. The third-order valence-corrected chi connectivity index (χ3v) is 10.9. The van der Waals surface area contributed by atoms with E-state index in [-0.39, 0.29) is 0 Å². The third kappa shape index (κ3) is 4.86. The SMILES string of the molecule is c1ccc(-c2ccc(-c3nc(-c4ccccc4)nc(-c4cccc5c4oc4ccc6sc(-c7cccc8oc9ccccc9c78)nc6c45)n3)cc2)cc1. The van der Waals surface area contributed by atoms with Crippen LogP contribution in [0.2, 0.25) is 0 Å². The first-order valence-corrected chi connectivity index (χ1v) is 18.2. The van der Waals surface area contributed by atoms with Gasteiger partial charge in [-0.25, -0.2) is 19.9 Å². The van der Waals surface area contributed by atoms with Crippen LogP contribution in [0.15, 0.2) is 167 Å². The van der Waals surface area contributed by atoms with Crippen LogP contribution in [0.3, 0.4) is 0 Å². The van der Waals surface area contributed by atoms with E-state index in [0.29, 0.717) is 23.1 Å². The average molecular weight is 699 g/mol. The molecule has 4 heterocycles. The normalized spacial score (nSPS) is 11.8. The van der Waals surface area contributed by atoms with E-state index in [0.717, 1.165) is 86.9 Å². The van der Waals surface area contributed by atoms with Gasteiger partial charge in [-0.15, -0.1) is 11.3 Å². The van der Waals surface area contributed by atoms with Crippen LogP contribution in [0.5, 0.6) is 0 Å². The summed E-state index contributed by atoms with van der Waals surface area (Å²) in [6.45, 7) is 0. The molecule has 0 aliphatic rings. The van der Waals surface area contributed by atoms with Crippen LogP contribution in [0.1, 0.15) is 0 Å². The van der Waals surface area contributed by atoms with Gasteiger partial charge in [0.1, 0.15) is 27.3 Å². The molecule has 0 radical (unpaired) electrons. The predicted molar refractivity (Wildman–Crippen MR) is 215 cm³/mol. The van der Waals surface area contributed by atoms with E-state index in [2.05, 4.69) is 60.7 Å². The van der Waals surface area contributed by atoms with Crippen LogP contribution in [-0.2, 0) is 0 Å². The molecule has 0 atom stereocenters. The van der Waals surface area contributed by atoms with E-state index in [4.69, 9.17) is 28.8 Å². The van der Waals surface area contributed by atoms with Gasteiger partial charge in [-0.1, -0.05) is 127 Å². The van der Waals surface area contributed by atoms with Crippen molar-refractivity contribution in [1.29, 1.82) is 0 Å². The number of rotatable bonds is 5. The summed E-state index contributed by atoms with van der Waals surface area (Å²) in [5.41, 5.74) is 10.0. The summed E-state index contributed by atoms with van der Waals surface area (Å²) in [6, 6.07) is 53.4. The number of furan rings is 2. The number of benzene rings is 7. The van der Waals surface area contributed by atoms with Crippen molar-refractivity contribution in [3.8, 4) is 55.9 Å². The molecule has 11 rings (SSSR count). The summed E-state index contributed by atoms with van der Waals surface area (Å²) in [5.74, 6) is 1.73. The van der Waals surface area contributed by atoms with Crippen LogP contribution in [0, 0.1) is 0 Å². The van der Waals surface area contributed by atoms with Crippen LogP contribution in [0.4, 0.5) is 0 Å². The lowest BCUT2D eigenvalue weighted by molar-refractivity contribution is 0.669. The zero-order valence-corrected chi connectivity index (χ0v) is 28.8. The van der Waals surface area contributed by atoms with Crippen molar-refractivity contribution in [1.82, 2.24) is 19.9 Å². The molecule has 53 heavy (non-hydrogen) atoms. The zero-order chi connectivity index (χ0) is 34.9. The Bertz CT molecular complexity index is 3160. The van der Waals surface area contributed by atoms with Gasteiger partial charge in [0.15, 0.2) is 17.5 Å². The zero-order valence-electron chi connectivity index (χ0n) is 28.0. The molecule has 0 spiro atoms. The van der Waals surface area contributed by atoms with Crippen molar-refractivity contribution in [2.45, 2.75) is 0 Å². The lowest BCUT2D eigenvalue weighted by Crippen LogP contribution is -2.00. The molecular weight excluding hydrogens is 673 g/mol. The summed E-state index contributed by atoms with van der Waals surface area (Å²) >= 11 is 1.68. The second kappa shape index (κ2) is 11.8. The molecule has 4 aromatic heterocycles. The summed E-state index contributed by atoms with van der Waals surface area (Å²) < 4.78 is 14.0. The van der Waals surface area contributed by atoms with E-state index in [1.807, 2.05) is 97.1 Å². The van der Waals surface area contributed by atoms with Crippen molar-refractivity contribution in [2.75, 3.05) is 0 Å². The number of aromatic nitrogens is 4. The predicted octanol–water partition coefficient (Wildman–Crippen LogP) is 12.6. The maximum atomic E-state index is 6.68. The van der Waals surface area contributed by atoms with E-state index in [1.165, 1.54) is 0 Å². The van der Waals surface area contributed by atoms with E-state index >= 15 is 0 Å². The molecule has 0 aliphatic carbocycles. The highest BCUT2D eigenvalue weighted by Crippen LogP contribution is 2.44.